The molecular weight excluding hydrogens is 430 g/mol. The molecule has 9 heteroatoms. The van der Waals surface area contributed by atoms with Crippen molar-refractivity contribution < 1.29 is 23.9 Å². The lowest BCUT2D eigenvalue weighted by molar-refractivity contribution is 0.0999. The summed E-state index contributed by atoms with van der Waals surface area (Å²) in [4.78, 5) is 39.3. The number of nitrogens with two attached hydrogens (primary N) is 1. The molecule has 8 nitrogen and oxygen atoms in total. The summed E-state index contributed by atoms with van der Waals surface area (Å²) in [5, 5.41) is 3.17. The van der Waals surface area contributed by atoms with E-state index in [-0.39, 0.29) is 0 Å². The molecule has 3 N–H and O–H groups in total. The molecule has 1 aliphatic heterocycles. The van der Waals surface area contributed by atoms with E-state index in [4.69, 9.17) is 15.2 Å². The molecule has 164 valence electrons. The number of nitrogens with one attached hydrogen (secondary N) is 1. The molecule has 4 rings (SSSR count). The number of hydrogen-bond donors (Lipinski definition) is 2. The van der Waals surface area contributed by atoms with Crippen LogP contribution in [0.1, 0.15) is 31.2 Å². The number of primary amides is 1. The number of methoxy groups -OCH3 is 1. The van der Waals surface area contributed by atoms with E-state index in [1.54, 1.807) is 29.2 Å². The number of amides is 3. The van der Waals surface area contributed by atoms with Crippen molar-refractivity contribution in [2.45, 2.75) is 13.0 Å². The average molecular weight is 452 g/mol. The third-order valence-electron chi connectivity index (χ3n) is 5.04. The molecule has 0 aliphatic carbocycles. The van der Waals surface area contributed by atoms with Gasteiger partial charge in [-0.15, -0.1) is 11.3 Å². The monoisotopic (exact) mass is 451 g/mol. The summed E-state index contributed by atoms with van der Waals surface area (Å²) in [7, 11) is 1.32. The molecule has 0 bridgehead atoms. The standard InChI is InChI=1S/C23H21N3O5S/c1-30-23(29)26-11-10-17-18(13-26)32-22(19(17)20(24)27)25-21(28)14-6-5-9-16(12-14)31-15-7-3-2-4-8-15/h2-9,12H,10-11,13H2,1H3,(H2,24,27)(H,25,28). The van der Waals surface area contributed by atoms with Gasteiger partial charge in [0.25, 0.3) is 11.8 Å². The normalized spacial score (nSPS) is 12.6. The minimum Gasteiger partial charge on any atom is -0.457 e. The van der Waals surface area contributed by atoms with Crippen LogP contribution in [0.3, 0.4) is 0 Å². The highest BCUT2D eigenvalue weighted by Crippen LogP contribution is 2.37. The van der Waals surface area contributed by atoms with Crippen molar-refractivity contribution in [2.24, 2.45) is 5.73 Å². The molecule has 0 unspecified atom stereocenters. The second-order valence-corrected chi connectivity index (χ2v) is 8.22. The molecule has 32 heavy (non-hydrogen) atoms. The summed E-state index contributed by atoms with van der Waals surface area (Å²) in [5.74, 6) is 0.153. The Morgan fingerprint density at radius 1 is 1.06 bits per heavy atom. The summed E-state index contributed by atoms with van der Waals surface area (Å²) in [5.41, 5.74) is 7.05. The van der Waals surface area contributed by atoms with Crippen molar-refractivity contribution in [1.29, 1.82) is 0 Å². The predicted octanol–water partition coefficient (Wildman–Crippen LogP) is 4.02. The van der Waals surface area contributed by atoms with Gasteiger partial charge in [-0.05, 0) is 42.3 Å². The number of para-hydroxylation sites is 1. The van der Waals surface area contributed by atoms with Crippen molar-refractivity contribution in [1.82, 2.24) is 4.90 Å². The van der Waals surface area contributed by atoms with Crippen LogP contribution in [0.25, 0.3) is 0 Å². The van der Waals surface area contributed by atoms with Gasteiger partial charge in [-0.3, -0.25) is 9.59 Å². The van der Waals surface area contributed by atoms with E-state index in [9.17, 15) is 14.4 Å². The number of hydrogen-bond acceptors (Lipinski definition) is 6. The summed E-state index contributed by atoms with van der Waals surface area (Å²) in [6.45, 7) is 0.701. The van der Waals surface area contributed by atoms with Crippen LogP contribution in [0, 0.1) is 0 Å². The maximum absolute atomic E-state index is 12.9. The fourth-order valence-electron chi connectivity index (χ4n) is 3.54. The summed E-state index contributed by atoms with van der Waals surface area (Å²) >= 11 is 1.24. The predicted molar refractivity (Wildman–Crippen MR) is 120 cm³/mol. The smallest absolute Gasteiger partial charge is 0.409 e. The van der Waals surface area contributed by atoms with Gasteiger partial charge in [-0.2, -0.15) is 0 Å². The van der Waals surface area contributed by atoms with Crippen LogP contribution in [0.4, 0.5) is 9.80 Å². The maximum Gasteiger partial charge on any atom is 0.409 e. The van der Waals surface area contributed by atoms with E-state index in [0.29, 0.717) is 47.1 Å². The van der Waals surface area contributed by atoms with Gasteiger partial charge in [-0.25, -0.2) is 4.79 Å². The maximum atomic E-state index is 12.9. The fraction of sp³-hybridized carbons (Fsp3) is 0.174. The van der Waals surface area contributed by atoms with Crippen molar-refractivity contribution in [3.05, 3.63) is 76.2 Å². The van der Waals surface area contributed by atoms with Crippen LogP contribution in [-0.2, 0) is 17.7 Å². The van der Waals surface area contributed by atoms with E-state index >= 15 is 0 Å². The van der Waals surface area contributed by atoms with Crippen molar-refractivity contribution in [3.63, 3.8) is 0 Å². The second kappa shape index (κ2) is 9.11. The quantitative estimate of drug-likeness (QED) is 0.609. The topological polar surface area (TPSA) is 111 Å². The zero-order chi connectivity index (χ0) is 22.7. The van der Waals surface area contributed by atoms with Gasteiger partial charge in [0.05, 0.1) is 19.2 Å². The van der Waals surface area contributed by atoms with Gasteiger partial charge in [0, 0.05) is 17.0 Å². The van der Waals surface area contributed by atoms with Gasteiger partial charge in [0.2, 0.25) is 0 Å². The highest BCUT2D eigenvalue weighted by atomic mass is 32.1. The van der Waals surface area contributed by atoms with Crippen LogP contribution >= 0.6 is 11.3 Å². The van der Waals surface area contributed by atoms with Crippen LogP contribution in [0.15, 0.2) is 54.6 Å². The number of ether oxygens (including phenoxy) is 2. The van der Waals surface area contributed by atoms with E-state index in [1.807, 2.05) is 30.3 Å². The molecule has 3 amide bonds. The van der Waals surface area contributed by atoms with Crippen LogP contribution < -0.4 is 15.8 Å². The first-order valence-corrected chi connectivity index (χ1v) is 10.7. The molecule has 1 aromatic heterocycles. The Bertz CT molecular complexity index is 1180. The van der Waals surface area contributed by atoms with Crippen molar-refractivity contribution in [2.75, 3.05) is 19.0 Å². The Labute approximate surface area is 188 Å². The summed E-state index contributed by atoms with van der Waals surface area (Å²) < 4.78 is 10.6. The van der Waals surface area contributed by atoms with E-state index in [0.717, 1.165) is 10.4 Å². The molecule has 0 fully saturated rings. The fourth-order valence-corrected chi connectivity index (χ4v) is 4.80. The number of thiophene rings is 1. The Morgan fingerprint density at radius 3 is 2.53 bits per heavy atom. The number of rotatable bonds is 5. The van der Waals surface area contributed by atoms with Gasteiger partial charge in [0.15, 0.2) is 0 Å². The zero-order valence-electron chi connectivity index (χ0n) is 17.3. The third-order valence-corrected chi connectivity index (χ3v) is 6.17. The first kappa shape index (κ1) is 21.4. The number of anilines is 1. The third kappa shape index (κ3) is 4.42. The number of carbonyl (C=O) groups excluding carboxylic acids is 3. The Hall–Kier alpha value is -3.85. The molecule has 0 saturated heterocycles. The summed E-state index contributed by atoms with van der Waals surface area (Å²) in [6, 6.07) is 16.0. The first-order chi connectivity index (χ1) is 15.5. The van der Waals surface area contributed by atoms with Crippen LogP contribution in [0.2, 0.25) is 0 Å². The number of nitrogens with zero attached hydrogens (tertiary/aromatic N) is 1. The Balaban J connectivity index is 1.56. The average Bonchev–Trinajstić information content (AvgIpc) is 3.16. The highest BCUT2D eigenvalue weighted by Gasteiger charge is 2.30. The number of carbonyl (C=O) groups is 3. The van der Waals surface area contributed by atoms with Crippen LogP contribution in [0.5, 0.6) is 11.5 Å². The molecule has 0 saturated carbocycles. The molecule has 1 aliphatic rings. The second-order valence-electron chi connectivity index (χ2n) is 7.11. The van der Waals surface area contributed by atoms with Crippen molar-refractivity contribution >= 4 is 34.2 Å². The Morgan fingerprint density at radius 2 is 1.81 bits per heavy atom. The molecule has 3 aromatic rings. The van der Waals surface area contributed by atoms with Crippen molar-refractivity contribution in [3.8, 4) is 11.5 Å². The SMILES string of the molecule is COC(=O)N1CCc2c(sc(NC(=O)c3cccc(Oc4ccccc4)c3)c2C(N)=O)C1. The highest BCUT2D eigenvalue weighted by molar-refractivity contribution is 7.17. The summed E-state index contributed by atoms with van der Waals surface area (Å²) in [6.07, 6.45) is 0.0145. The van der Waals surface area contributed by atoms with E-state index < -0.39 is 17.9 Å². The molecule has 0 radical (unpaired) electrons. The molecule has 0 atom stereocenters. The van der Waals surface area contributed by atoms with E-state index in [2.05, 4.69) is 5.32 Å². The van der Waals surface area contributed by atoms with Gasteiger partial charge >= 0.3 is 6.09 Å². The van der Waals surface area contributed by atoms with E-state index in [1.165, 1.54) is 18.4 Å². The lowest BCUT2D eigenvalue weighted by atomic mass is 10.0. The van der Waals surface area contributed by atoms with Gasteiger partial charge in [0.1, 0.15) is 16.5 Å². The molecule has 2 heterocycles. The zero-order valence-corrected chi connectivity index (χ0v) is 18.1. The molecular formula is C23H21N3O5S. The lowest BCUT2D eigenvalue weighted by Gasteiger charge is -2.25. The Kier molecular flexibility index (Phi) is 6.09. The minimum absolute atomic E-state index is 0.291. The lowest BCUT2D eigenvalue weighted by Crippen LogP contribution is -2.35. The molecule has 0 spiro atoms. The van der Waals surface area contributed by atoms with Crippen LogP contribution in [-0.4, -0.2) is 36.5 Å². The largest absolute Gasteiger partial charge is 0.457 e. The van der Waals surface area contributed by atoms with Gasteiger partial charge < -0.3 is 25.4 Å². The number of benzene rings is 2. The first-order valence-electron chi connectivity index (χ1n) is 9.88. The molecule has 2 aromatic carbocycles. The number of fused-ring (bicyclic) bond motifs is 1. The minimum atomic E-state index is -0.620. The van der Waals surface area contributed by atoms with Gasteiger partial charge in [-0.1, -0.05) is 24.3 Å².